The van der Waals surface area contributed by atoms with Crippen molar-refractivity contribution < 1.29 is 9.32 Å². The zero-order chi connectivity index (χ0) is 13.0. The van der Waals surface area contributed by atoms with Crippen LogP contribution < -0.4 is 5.32 Å². The number of halogens is 1. The molecule has 1 amide bonds. The standard InChI is InChI=1S/C13H15BrN2O2/c1-9(6-7-14)15-13(17)8-11-10-4-2-3-5-12(10)18-16-11/h2-5,9H,6-8H2,1H3,(H,15,17). The fourth-order valence-corrected chi connectivity index (χ4v) is 2.47. The van der Waals surface area contributed by atoms with Gasteiger partial charge in [-0.2, -0.15) is 0 Å². The number of nitrogens with zero attached hydrogens (tertiary/aromatic N) is 1. The molecule has 0 saturated heterocycles. The largest absolute Gasteiger partial charge is 0.356 e. The van der Waals surface area contributed by atoms with Gasteiger partial charge >= 0.3 is 0 Å². The number of amides is 1. The monoisotopic (exact) mass is 310 g/mol. The van der Waals surface area contributed by atoms with Crippen molar-refractivity contribution in [1.29, 1.82) is 0 Å². The number of hydrogen-bond acceptors (Lipinski definition) is 3. The fourth-order valence-electron chi connectivity index (χ4n) is 1.78. The van der Waals surface area contributed by atoms with Gasteiger partial charge in [0, 0.05) is 16.8 Å². The summed E-state index contributed by atoms with van der Waals surface area (Å²) in [6, 6.07) is 7.72. The van der Waals surface area contributed by atoms with Crippen molar-refractivity contribution in [3.05, 3.63) is 30.0 Å². The Balaban J connectivity index is 2.03. The zero-order valence-electron chi connectivity index (χ0n) is 10.1. The smallest absolute Gasteiger partial charge is 0.226 e. The van der Waals surface area contributed by atoms with Crippen LogP contribution in [0.5, 0.6) is 0 Å². The summed E-state index contributed by atoms with van der Waals surface area (Å²) in [5.41, 5.74) is 1.41. The van der Waals surface area contributed by atoms with Crippen molar-refractivity contribution in [1.82, 2.24) is 10.5 Å². The van der Waals surface area contributed by atoms with Crippen LogP contribution in [0.15, 0.2) is 28.8 Å². The van der Waals surface area contributed by atoms with Crippen LogP contribution in [0, 0.1) is 0 Å². The van der Waals surface area contributed by atoms with Gasteiger partial charge in [-0.25, -0.2) is 0 Å². The summed E-state index contributed by atoms with van der Waals surface area (Å²) in [7, 11) is 0. The highest BCUT2D eigenvalue weighted by Gasteiger charge is 2.13. The van der Waals surface area contributed by atoms with E-state index in [1.807, 2.05) is 31.2 Å². The lowest BCUT2D eigenvalue weighted by Crippen LogP contribution is -2.34. The van der Waals surface area contributed by atoms with Crippen molar-refractivity contribution >= 4 is 32.8 Å². The minimum atomic E-state index is -0.0255. The molecular formula is C13H15BrN2O2. The van der Waals surface area contributed by atoms with E-state index in [4.69, 9.17) is 4.52 Å². The van der Waals surface area contributed by atoms with E-state index in [1.54, 1.807) is 0 Å². The molecule has 0 saturated carbocycles. The molecule has 2 aromatic rings. The number of benzene rings is 1. The van der Waals surface area contributed by atoms with Crippen LogP contribution in [-0.4, -0.2) is 22.4 Å². The maximum Gasteiger partial charge on any atom is 0.226 e. The molecule has 1 N–H and O–H groups in total. The molecule has 96 valence electrons. The molecule has 0 radical (unpaired) electrons. The molecule has 1 atom stereocenters. The molecule has 2 rings (SSSR count). The normalized spacial score (nSPS) is 12.6. The molecule has 1 heterocycles. The van der Waals surface area contributed by atoms with Crippen molar-refractivity contribution in [3.63, 3.8) is 0 Å². The van der Waals surface area contributed by atoms with Gasteiger partial charge in [-0.3, -0.25) is 4.79 Å². The van der Waals surface area contributed by atoms with Crippen LogP contribution in [0.25, 0.3) is 11.0 Å². The third-order valence-electron chi connectivity index (χ3n) is 2.73. The molecule has 0 aliphatic rings. The average molecular weight is 311 g/mol. The van der Waals surface area contributed by atoms with E-state index in [9.17, 15) is 4.79 Å². The lowest BCUT2D eigenvalue weighted by atomic mass is 10.1. The Bertz CT molecular complexity index is 539. The lowest BCUT2D eigenvalue weighted by molar-refractivity contribution is -0.121. The summed E-state index contributed by atoms with van der Waals surface area (Å²) in [5.74, 6) is -0.0255. The maximum atomic E-state index is 11.8. The average Bonchev–Trinajstić information content (AvgIpc) is 2.73. The third kappa shape index (κ3) is 3.10. The Morgan fingerprint density at radius 2 is 2.28 bits per heavy atom. The highest BCUT2D eigenvalue weighted by atomic mass is 79.9. The van der Waals surface area contributed by atoms with Crippen LogP contribution in [0.1, 0.15) is 19.0 Å². The number of alkyl halides is 1. The molecule has 0 aliphatic carbocycles. The van der Waals surface area contributed by atoms with Crippen LogP contribution in [-0.2, 0) is 11.2 Å². The van der Waals surface area contributed by atoms with Crippen molar-refractivity contribution in [2.75, 3.05) is 5.33 Å². The van der Waals surface area contributed by atoms with Gasteiger partial charge in [0.05, 0.1) is 6.42 Å². The number of carbonyl (C=O) groups is 1. The Kier molecular flexibility index (Phi) is 4.36. The Morgan fingerprint density at radius 3 is 3.06 bits per heavy atom. The van der Waals surface area contributed by atoms with Gasteiger partial charge in [0.1, 0.15) is 5.69 Å². The second kappa shape index (κ2) is 6.00. The predicted molar refractivity (Wildman–Crippen MR) is 73.7 cm³/mol. The number of carbonyl (C=O) groups excluding carboxylic acids is 1. The first kappa shape index (κ1) is 13.1. The summed E-state index contributed by atoms with van der Waals surface area (Å²) >= 11 is 3.35. The van der Waals surface area contributed by atoms with E-state index in [0.29, 0.717) is 11.3 Å². The molecule has 1 unspecified atom stereocenters. The first-order chi connectivity index (χ1) is 8.70. The molecule has 0 bridgehead atoms. The van der Waals surface area contributed by atoms with E-state index in [1.165, 1.54) is 0 Å². The Morgan fingerprint density at radius 1 is 1.50 bits per heavy atom. The third-order valence-corrected chi connectivity index (χ3v) is 3.19. The van der Waals surface area contributed by atoms with Gasteiger partial charge in [0.25, 0.3) is 0 Å². The minimum Gasteiger partial charge on any atom is -0.356 e. The molecular weight excluding hydrogens is 296 g/mol. The SMILES string of the molecule is CC(CCBr)NC(=O)Cc1noc2ccccc12. The zero-order valence-corrected chi connectivity index (χ0v) is 11.7. The number of fused-ring (bicyclic) bond motifs is 1. The topological polar surface area (TPSA) is 55.1 Å². The maximum absolute atomic E-state index is 11.8. The van der Waals surface area contributed by atoms with Crippen LogP contribution in [0.3, 0.4) is 0 Å². The van der Waals surface area contributed by atoms with E-state index < -0.39 is 0 Å². The first-order valence-electron chi connectivity index (χ1n) is 5.89. The molecule has 18 heavy (non-hydrogen) atoms. The first-order valence-corrected chi connectivity index (χ1v) is 7.01. The molecule has 0 aliphatic heterocycles. The minimum absolute atomic E-state index is 0.0255. The number of rotatable bonds is 5. The molecule has 0 spiro atoms. The van der Waals surface area contributed by atoms with Crippen LogP contribution >= 0.6 is 15.9 Å². The molecule has 1 aromatic heterocycles. The number of hydrogen-bond donors (Lipinski definition) is 1. The van der Waals surface area contributed by atoms with Crippen LogP contribution in [0.2, 0.25) is 0 Å². The quantitative estimate of drug-likeness (QED) is 0.864. The van der Waals surface area contributed by atoms with E-state index in [2.05, 4.69) is 26.4 Å². The highest BCUT2D eigenvalue weighted by molar-refractivity contribution is 9.09. The van der Waals surface area contributed by atoms with Crippen molar-refractivity contribution in [2.24, 2.45) is 0 Å². The van der Waals surface area contributed by atoms with Gasteiger partial charge in [0.15, 0.2) is 5.58 Å². The van der Waals surface area contributed by atoms with Gasteiger partial charge < -0.3 is 9.84 Å². The van der Waals surface area contributed by atoms with Gasteiger partial charge in [-0.05, 0) is 25.5 Å². The Labute approximate surface area is 114 Å². The number of nitrogens with one attached hydrogen (secondary N) is 1. The van der Waals surface area contributed by atoms with E-state index in [-0.39, 0.29) is 18.4 Å². The molecule has 5 heteroatoms. The Hall–Kier alpha value is -1.36. The summed E-state index contributed by atoms with van der Waals surface area (Å²) in [5, 5.41) is 8.66. The van der Waals surface area contributed by atoms with Gasteiger partial charge in [-0.1, -0.05) is 33.2 Å². The number of aromatic nitrogens is 1. The summed E-state index contributed by atoms with van der Waals surface area (Å²) < 4.78 is 5.16. The molecule has 4 nitrogen and oxygen atoms in total. The van der Waals surface area contributed by atoms with Crippen LogP contribution in [0.4, 0.5) is 0 Å². The highest BCUT2D eigenvalue weighted by Crippen LogP contribution is 2.18. The summed E-state index contributed by atoms with van der Waals surface area (Å²) in [6.07, 6.45) is 1.16. The van der Waals surface area contributed by atoms with E-state index in [0.717, 1.165) is 17.1 Å². The fraction of sp³-hybridized carbons (Fsp3) is 0.385. The van der Waals surface area contributed by atoms with Crippen molar-refractivity contribution in [2.45, 2.75) is 25.8 Å². The summed E-state index contributed by atoms with van der Waals surface area (Å²) in [4.78, 5) is 11.8. The van der Waals surface area contributed by atoms with Gasteiger partial charge in [-0.15, -0.1) is 0 Å². The number of para-hydroxylation sites is 1. The second-order valence-electron chi connectivity index (χ2n) is 4.25. The van der Waals surface area contributed by atoms with E-state index >= 15 is 0 Å². The second-order valence-corrected chi connectivity index (χ2v) is 5.04. The van der Waals surface area contributed by atoms with Crippen molar-refractivity contribution in [3.8, 4) is 0 Å². The van der Waals surface area contributed by atoms with Gasteiger partial charge in [0.2, 0.25) is 5.91 Å². The summed E-state index contributed by atoms with van der Waals surface area (Å²) in [6.45, 7) is 1.99. The lowest BCUT2D eigenvalue weighted by Gasteiger charge is -2.11. The predicted octanol–water partition coefficient (Wildman–Crippen LogP) is 2.66. The molecule has 1 aromatic carbocycles. The molecule has 0 fully saturated rings.